The van der Waals surface area contributed by atoms with E-state index in [1.807, 2.05) is 30.9 Å². The molecule has 0 spiro atoms. The van der Waals surface area contributed by atoms with E-state index in [9.17, 15) is 4.79 Å². The number of rotatable bonds is 9. The number of guanidine groups is 1. The number of likely N-dealkylation sites (tertiary alicyclic amines) is 1. The first-order chi connectivity index (χ1) is 14.1. The quantitative estimate of drug-likeness (QED) is 0.481. The van der Waals surface area contributed by atoms with Gasteiger partial charge in [0.15, 0.2) is 5.96 Å². The summed E-state index contributed by atoms with van der Waals surface area (Å²) < 4.78 is 16.3. The molecule has 162 valence electrons. The number of ether oxygens (including phenoxy) is 3. The molecule has 1 saturated heterocycles. The van der Waals surface area contributed by atoms with Gasteiger partial charge in [-0.05, 0) is 19.8 Å². The number of benzene rings is 1. The normalized spacial score (nSPS) is 16.5. The van der Waals surface area contributed by atoms with Crippen LogP contribution in [0, 0.1) is 0 Å². The Morgan fingerprint density at radius 3 is 2.41 bits per heavy atom. The highest BCUT2D eigenvalue weighted by Gasteiger charge is 2.25. The first-order valence-electron chi connectivity index (χ1n) is 10.2. The molecule has 0 saturated carbocycles. The molecule has 8 nitrogen and oxygen atoms in total. The van der Waals surface area contributed by atoms with Crippen molar-refractivity contribution in [1.82, 2.24) is 15.5 Å². The smallest absolute Gasteiger partial charge is 0.222 e. The maximum absolute atomic E-state index is 11.9. The zero-order chi connectivity index (χ0) is 21.2. The summed E-state index contributed by atoms with van der Waals surface area (Å²) in [5.74, 6) is 3.09. The number of nitrogens with zero attached hydrogens (tertiary/aromatic N) is 2. The van der Waals surface area contributed by atoms with Gasteiger partial charge in [-0.25, -0.2) is 0 Å². The predicted octanol–water partition coefficient (Wildman–Crippen LogP) is 1.82. The van der Waals surface area contributed by atoms with Gasteiger partial charge in [0.2, 0.25) is 5.91 Å². The first kappa shape index (κ1) is 22.6. The third-order valence-electron chi connectivity index (χ3n) is 4.98. The number of hydrogen-bond acceptors (Lipinski definition) is 5. The number of carbonyl (C=O) groups excluding carboxylic acids is 1. The van der Waals surface area contributed by atoms with Gasteiger partial charge in [-0.3, -0.25) is 9.79 Å². The van der Waals surface area contributed by atoms with Crippen LogP contribution in [0.1, 0.15) is 32.3 Å². The number of aliphatic imine (C=N–C) groups is 1. The van der Waals surface area contributed by atoms with Crippen LogP contribution in [0.25, 0.3) is 0 Å². The molecule has 1 aliphatic rings. The van der Waals surface area contributed by atoms with Crippen LogP contribution >= 0.6 is 0 Å². The second kappa shape index (κ2) is 11.4. The van der Waals surface area contributed by atoms with Crippen LogP contribution in [0.2, 0.25) is 0 Å². The van der Waals surface area contributed by atoms with Gasteiger partial charge in [0.05, 0.1) is 21.3 Å². The van der Waals surface area contributed by atoms with Gasteiger partial charge in [-0.2, -0.15) is 0 Å². The summed E-state index contributed by atoms with van der Waals surface area (Å²) in [7, 11) is 4.89. The first-order valence-corrected chi connectivity index (χ1v) is 10.2. The molecule has 1 aromatic carbocycles. The van der Waals surface area contributed by atoms with Crippen LogP contribution < -0.4 is 24.8 Å². The molecule has 0 bridgehead atoms. The van der Waals surface area contributed by atoms with Gasteiger partial charge in [0.1, 0.15) is 17.2 Å². The average molecular weight is 407 g/mol. The highest BCUT2D eigenvalue weighted by molar-refractivity contribution is 5.80. The average Bonchev–Trinajstić information content (AvgIpc) is 3.21. The zero-order valence-electron chi connectivity index (χ0n) is 18.2. The Balaban J connectivity index is 2.03. The molecule has 2 rings (SSSR count). The Hall–Kier alpha value is -2.64. The van der Waals surface area contributed by atoms with E-state index in [-0.39, 0.29) is 11.9 Å². The summed E-state index contributed by atoms with van der Waals surface area (Å²) in [4.78, 5) is 18.5. The SMILES string of the molecule is CCNC(=NCCc1c(OC)cc(OC)cc1OC)NC1CCN(C(=O)CC)C1. The minimum absolute atomic E-state index is 0.204. The van der Waals surface area contributed by atoms with E-state index in [2.05, 4.69) is 10.6 Å². The van der Waals surface area contributed by atoms with Crippen molar-refractivity contribution < 1.29 is 19.0 Å². The Labute approximate surface area is 173 Å². The molecule has 1 aromatic rings. The largest absolute Gasteiger partial charge is 0.496 e. The van der Waals surface area contributed by atoms with Gasteiger partial charge in [0, 0.05) is 56.3 Å². The summed E-state index contributed by atoms with van der Waals surface area (Å²) in [6.45, 7) is 6.79. The standard InChI is InChI=1S/C21H34N4O4/c1-6-20(26)25-11-9-15(14-25)24-21(22-7-2)23-10-8-17-18(28-4)12-16(27-3)13-19(17)29-5/h12-13,15H,6-11,14H2,1-5H3,(H2,22,23,24). The fraction of sp³-hybridized carbons (Fsp3) is 0.619. The van der Waals surface area contributed by atoms with Crippen molar-refractivity contribution in [2.45, 2.75) is 39.2 Å². The van der Waals surface area contributed by atoms with Crippen molar-refractivity contribution >= 4 is 11.9 Å². The molecule has 2 N–H and O–H groups in total. The van der Waals surface area contributed by atoms with Crippen LogP contribution in [0.3, 0.4) is 0 Å². The molecule has 0 aromatic heterocycles. The van der Waals surface area contributed by atoms with Crippen molar-refractivity contribution in [1.29, 1.82) is 0 Å². The fourth-order valence-corrected chi connectivity index (χ4v) is 3.45. The second-order valence-corrected chi connectivity index (χ2v) is 6.84. The Bertz CT molecular complexity index is 683. The monoisotopic (exact) mass is 406 g/mol. The lowest BCUT2D eigenvalue weighted by molar-refractivity contribution is -0.129. The molecule has 1 unspecified atom stereocenters. The van der Waals surface area contributed by atoms with Crippen molar-refractivity contribution in [3.63, 3.8) is 0 Å². The number of methoxy groups -OCH3 is 3. The van der Waals surface area contributed by atoms with Crippen LogP contribution in [0.5, 0.6) is 17.2 Å². The van der Waals surface area contributed by atoms with Crippen LogP contribution in [0.4, 0.5) is 0 Å². The molecular weight excluding hydrogens is 372 g/mol. The highest BCUT2D eigenvalue weighted by atomic mass is 16.5. The van der Waals surface area contributed by atoms with Crippen molar-refractivity contribution in [2.24, 2.45) is 4.99 Å². The summed E-state index contributed by atoms with van der Waals surface area (Å²) in [6, 6.07) is 3.92. The fourth-order valence-electron chi connectivity index (χ4n) is 3.45. The lowest BCUT2D eigenvalue weighted by Crippen LogP contribution is -2.45. The van der Waals surface area contributed by atoms with Gasteiger partial charge in [-0.15, -0.1) is 0 Å². The highest BCUT2D eigenvalue weighted by Crippen LogP contribution is 2.34. The molecule has 1 atom stereocenters. The molecule has 1 heterocycles. The lowest BCUT2D eigenvalue weighted by atomic mass is 10.1. The number of amides is 1. The lowest BCUT2D eigenvalue weighted by Gasteiger charge is -2.19. The molecule has 1 aliphatic heterocycles. The summed E-state index contributed by atoms with van der Waals surface area (Å²) in [6.07, 6.45) is 2.14. The van der Waals surface area contributed by atoms with Crippen molar-refractivity contribution in [3.05, 3.63) is 17.7 Å². The van der Waals surface area contributed by atoms with Crippen LogP contribution in [0.15, 0.2) is 17.1 Å². The molecule has 0 radical (unpaired) electrons. The van der Waals surface area contributed by atoms with E-state index in [1.165, 1.54) is 0 Å². The van der Waals surface area contributed by atoms with Gasteiger partial charge < -0.3 is 29.7 Å². The zero-order valence-corrected chi connectivity index (χ0v) is 18.2. The number of hydrogen-bond donors (Lipinski definition) is 2. The maximum Gasteiger partial charge on any atom is 0.222 e. The summed E-state index contributed by atoms with van der Waals surface area (Å²) in [5.41, 5.74) is 0.955. The third-order valence-corrected chi connectivity index (χ3v) is 4.98. The van der Waals surface area contributed by atoms with Crippen LogP contribution in [-0.4, -0.2) is 70.3 Å². The van der Waals surface area contributed by atoms with Gasteiger partial charge >= 0.3 is 0 Å². The topological polar surface area (TPSA) is 84.4 Å². The molecule has 0 aliphatic carbocycles. The third kappa shape index (κ3) is 6.17. The van der Waals surface area contributed by atoms with E-state index in [0.717, 1.165) is 49.1 Å². The van der Waals surface area contributed by atoms with E-state index in [4.69, 9.17) is 19.2 Å². The Morgan fingerprint density at radius 2 is 1.86 bits per heavy atom. The van der Waals surface area contributed by atoms with E-state index in [0.29, 0.717) is 25.1 Å². The van der Waals surface area contributed by atoms with E-state index >= 15 is 0 Å². The maximum atomic E-state index is 11.9. The molecule has 1 amide bonds. The minimum Gasteiger partial charge on any atom is -0.496 e. The Kier molecular flexibility index (Phi) is 8.89. The molecule has 29 heavy (non-hydrogen) atoms. The summed E-state index contributed by atoms with van der Waals surface area (Å²) >= 11 is 0. The van der Waals surface area contributed by atoms with Crippen LogP contribution in [-0.2, 0) is 11.2 Å². The van der Waals surface area contributed by atoms with E-state index in [1.54, 1.807) is 21.3 Å². The van der Waals surface area contributed by atoms with Gasteiger partial charge in [0.25, 0.3) is 0 Å². The molecule has 1 fully saturated rings. The van der Waals surface area contributed by atoms with Crippen molar-refractivity contribution in [2.75, 3.05) is 47.5 Å². The summed E-state index contributed by atoms with van der Waals surface area (Å²) in [5, 5.41) is 6.73. The Morgan fingerprint density at radius 1 is 1.17 bits per heavy atom. The minimum atomic E-state index is 0.204. The number of nitrogens with one attached hydrogen (secondary N) is 2. The predicted molar refractivity (Wildman–Crippen MR) is 114 cm³/mol. The van der Waals surface area contributed by atoms with Gasteiger partial charge in [-0.1, -0.05) is 6.92 Å². The molecular formula is C21H34N4O4. The van der Waals surface area contributed by atoms with E-state index < -0.39 is 0 Å². The number of carbonyl (C=O) groups is 1. The molecule has 8 heteroatoms. The second-order valence-electron chi connectivity index (χ2n) is 6.84. The van der Waals surface area contributed by atoms with Crippen molar-refractivity contribution in [3.8, 4) is 17.2 Å².